The Kier molecular flexibility index (Phi) is 8.08. The van der Waals surface area contributed by atoms with Crippen LogP contribution < -0.4 is 19.2 Å². The van der Waals surface area contributed by atoms with Crippen LogP contribution >= 0.6 is 11.6 Å². The molecule has 0 bridgehead atoms. The highest BCUT2D eigenvalue weighted by Gasteiger charge is 2.28. The zero-order valence-corrected chi connectivity index (χ0v) is 19.8. The predicted molar refractivity (Wildman–Crippen MR) is 128 cm³/mol. The summed E-state index contributed by atoms with van der Waals surface area (Å²) in [7, 11) is -1.28. The number of hydrogen-bond donors (Lipinski definition) is 1. The number of hydrogen-bond acceptors (Lipinski definition) is 6. The van der Waals surface area contributed by atoms with Crippen LogP contribution in [0.3, 0.4) is 0 Å². The molecule has 8 nitrogen and oxygen atoms in total. The van der Waals surface area contributed by atoms with Crippen molar-refractivity contribution in [2.45, 2.75) is 4.90 Å². The molecule has 3 aromatic rings. The Morgan fingerprint density at radius 1 is 1.06 bits per heavy atom. The van der Waals surface area contributed by atoms with Gasteiger partial charge in [-0.05, 0) is 36.4 Å². The summed E-state index contributed by atoms with van der Waals surface area (Å²) in [4.78, 5) is 12.6. The van der Waals surface area contributed by atoms with E-state index in [2.05, 4.69) is 10.5 Å². The third kappa shape index (κ3) is 5.64. The average molecular weight is 506 g/mol. The Bertz CT molecular complexity index is 1280. The predicted octanol–water partition coefficient (Wildman–Crippen LogP) is 3.84. The molecule has 0 spiro atoms. The molecule has 0 atom stereocenters. The Hall–Kier alpha value is -3.63. The van der Waals surface area contributed by atoms with Crippen LogP contribution in [-0.4, -0.2) is 41.3 Å². The fourth-order valence-electron chi connectivity index (χ4n) is 2.98. The molecule has 0 fully saturated rings. The van der Waals surface area contributed by atoms with Crippen LogP contribution in [0.4, 0.5) is 10.1 Å². The summed E-state index contributed by atoms with van der Waals surface area (Å²) in [6.45, 7) is -0.616. The van der Waals surface area contributed by atoms with Gasteiger partial charge in [-0.2, -0.15) is 5.10 Å². The number of carbonyl (C=O) groups is 1. The van der Waals surface area contributed by atoms with E-state index < -0.39 is 28.3 Å². The van der Waals surface area contributed by atoms with Crippen LogP contribution in [0.1, 0.15) is 5.56 Å². The van der Waals surface area contributed by atoms with Crippen molar-refractivity contribution in [2.24, 2.45) is 5.10 Å². The third-order valence-electron chi connectivity index (χ3n) is 4.66. The Labute approximate surface area is 201 Å². The lowest BCUT2D eigenvalue weighted by molar-refractivity contribution is -0.119. The molecule has 0 aliphatic carbocycles. The number of nitrogens with zero attached hydrogens (tertiary/aromatic N) is 2. The molecule has 34 heavy (non-hydrogen) atoms. The maximum absolute atomic E-state index is 13.9. The summed E-state index contributed by atoms with van der Waals surface area (Å²) < 4.78 is 52.0. The normalized spacial score (nSPS) is 11.3. The van der Waals surface area contributed by atoms with Crippen molar-refractivity contribution in [3.05, 3.63) is 83.1 Å². The molecule has 0 aliphatic rings. The maximum Gasteiger partial charge on any atom is 0.264 e. The minimum Gasteiger partial charge on any atom is -0.493 e. The lowest BCUT2D eigenvalue weighted by Gasteiger charge is -2.24. The molecule has 0 saturated carbocycles. The second-order valence-corrected chi connectivity index (χ2v) is 9.06. The maximum atomic E-state index is 13.9. The Balaban J connectivity index is 1.91. The van der Waals surface area contributed by atoms with Gasteiger partial charge in [-0.15, -0.1) is 0 Å². The van der Waals surface area contributed by atoms with Crippen LogP contribution in [0.25, 0.3) is 0 Å². The summed E-state index contributed by atoms with van der Waals surface area (Å²) >= 11 is 5.94. The largest absolute Gasteiger partial charge is 0.493 e. The molecule has 0 aliphatic heterocycles. The van der Waals surface area contributed by atoms with Crippen molar-refractivity contribution in [2.75, 3.05) is 25.1 Å². The molecular formula is C23H21ClFN3O5S. The van der Waals surface area contributed by atoms with Gasteiger partial charge in [0, 0.05) is 11.6 Å². The van der Waals surface area contributed by atoms with Gasteiger partial charge < -0.3 is 9.47 Å². The molecule has 0 saturated heterocycles. The molecule has 3 rings (SSSR count). The summed E-state index contributed by atoms with van der Waals surface area (Å²) in [5.41, 5.74) is 2.35. The fourth-order valence-corrected chi connectivity index (χ4v) is 4.63. The second-order valence-electron chi connectivity index (χ2n) is 6.79. The summed E-state index contributed by atoms with van der Waals surface area (Å²) in [6.07, 6.45) is 1.04. The third-order valence-corrected chi connectivity index (χ3v) is 6.77. The highest BCUT2D eigenvalue weighted by atomic mass is 35.5. The Morgan fingerprint density at radius 3 is 2.41 bits per heavy atom. The first kappa shape index (κ1) is 25.0. The molecular weight excluding hydrogens is 485 g/mol. The first-order valence-electron chi connectivity index (χ1n) is 9.83. The van der Waals surface area contributed by atoms with E-state index in [-0.39, 0.29) is 26.9 Å². The Morgan fingerprint density at radius 2 is 1.76 bits per heavy atom. The van der Waals surface area contributed by atoms with E-state index in [1.807, 2.05) is 0 Å². The topological polar surface area (TPSA) is 97.3 Å². The van der Waals surface area contributed by atoms with Gasteiger partial charge in [0.2, 0.25) is 0 Å². The van der Waals surface area contributed by atoms with Crippen molar-refractivity contribution in [3.63, 3.8) is 0 Å². The lowest BCUT2D eigenvalue weighted by Crippen LogP contribution is -2.39. The van der Waals surface area contributed by atoms with Gasteiger partial charge >= 0.3 is 0 Å². The first-order valence-corrected chi connectivity index (χ1v) is 11.7. The van der Waals surface area contributed by atoms with Crippen molar-refractivity contribution in [1.29, 1.82) is 0 Å². The van der Waals surface area contributed by atoms with Crippen LogP contribution in [0, 0.1) is 5.82 Å². The van der Waals surface area contributed by atoms with E-state index in [1.54, 1.807) is 18.2 Å². The number of benzene rings is 3. The van der Waals surface area contributed by atoms with Crippen LogP contribution in [-0.2, 0) is 14.8 Å². The van der Waals surface area contributed by atoms with Crippen molar-refractivity contribution >= 4 is 39.4 Å². The molecule has 178 valence electrons. The van der Waals surface area contributed by atoms with Gasteiger partial charge in [-0.1, -0.05) is 35.9 Å². The highest BCUT2D eigenvalue weighted by molar-refractivity contribution is 7.92. The minimum atomic E-state index is -4.14. The zero-order valence-electron chi connectivity index (χ0n) is 18.2. The summed E-state index contributed by atoms with van der Waals surface area (Å²) in [5, 5.41) is 3.82. The van der Waals surface area contributed by atoms with E-state index in [4.69, 9.17) is 21.1 Å². The van der Waals surface area contributed by atoms with Gasteiger partial charge in [-0.25, -0.2) is 18.2 Å². The number of rotatable bonds is 9. The van der Waals surface area contributed by atoms with Gasteiger partial charge in [-0.3, -0.25) is 9.10 Å². The van der Waals surface area contributed by atoms with Crippen LogP contribution in [0.5, 0.6) is 11.5 Å². The molecule has 0 aromatic heterocycles. The van der Waals surface area contributed by atoms with Crippen LogP contribution in [0.2, 0.25) is 5.02 Å². The number of ether oxygens (including phenoxy) is 2. The monoisotopic (exact) mass is 505 g/mol. The standard InChI is InChI=1S/C23H21ClFN3O5S/c1-32-21-12-11-16(13-22(21)33-2)28(34(30,31)17-7-4-3-5-8-17)15-23(29)27-26-14-18-19(24)9-6-10-20(18)25/h3-14H,15H2,1-2H3,(H,27,29)/b26-14-. The van der Waals surface area contributed by atoms with E-state index in [0.29, 0.717) is 5.75 Å². The van der Waals surface area contributed by atoms with E-state index >= 15 is 0 Å². The SMILES string of the molecule is COc1ccc(N(CC(=O)N/N=C\c2c(F)cccc2Cl)S(=O)(=O)c2ccccc2)cc1OC. The van der Waals surface area contributed by atoms with Gasteiger partial charge in [0.1, 0.15) is 12.4 Å². The summed E-state index contributed by atoms with van der Waals surface area (Å²) in [5.74, 6) is -0.720. The number of sulfonamides is 1. The van der Waals surface area contributed by atoms with Crippen molar-refractivity contribution in [3.8, 4) is 11.5 Å². The number of anilines is 1. The molecule has 0 unspecified atom stereocenters. The van der Waals surface area contributed by atoms with E-state index in [0.717, 1.165) is 10.5 Å². The fraction of sp³-hybridized carbons (Fsp3) is 0.130. The first-order chi connectivity index (χ1) is 16.3. The number of amides is 1. The molecule has 11 heteroatoms. The van der Waals surface area contributed by atoms with Crippen LogP contribution in [0.15, 0.2) is 76.7 Å². The molecule has 3 aromatic carbocycles. The van der Waals surface area contributed by atoms with Gasteiger partial charge in [0.15, 0.2) is 11.5 Å². The quantitative estimate of drug-likeness (QED) is 0.352. The second kappa shape index (κ2) is 11.0. The molecule has 0 heterocycles. The lowest BCUT2D eigenvalue weighted by atomic mass is 10.2. The number of methoxy groups -OCH3 is 2. The molecule has 1 amide bonds. The smallest absolute Gasteiger partial charge is 0.264 e. The number of hydrazone groups is 1. The highest BCUT2D eigenvalue weighted by Crippen LogP contribution is 2.33. The van der Waals surface area contributed by atoms with E-state index in [1.165, 1.54) is 62.8 Å². The van der Waals surface area contributed by atoms with E-state index in [9.17, 15) is 17.6 Å². The molecule has 0 radical (unpaired) electrons. The van der Waals surface area contributed by atoms with Crippen molar-refractivity contribution < 1.29 is 27.1 Å². The summed E-state index contributed by atoms with van der Waals surface area (Å²) in [6, 6.07) is 16.2. The minimum absolute atomic E-state index is 0.0146. The van der Waals surface area contributed by atoms with Crippen molar-refractivity contribution in [1.82, 2.24) is 5.43 Å². The van der Waals surface area contributed by atoms with Gasteiger partial charge in [0.25, 0.3) is 15.9 Å². The van der Waals surface area contributed by atoms with Gasteiger partial charge in [0.05, 0.1) is 36.0 Å². The zero-order chi connectivity index (χ0) is 24.7. The number of nitrogens with one attached hydrogen (secondary N) is 1. The number of halogens is 2. The average Bonchev–Trinajstić information content (AvgIpc) is 2.84. The number of carbonyl (C=O) groups excluding carboxylic acids is 1. The molecule has 1 N–H and O–H groups in total.